The summed E-state index contributed by atoms with van der Waals surface area (Å²) in [6.45, 7) is 3.56. The summed E-state index contributed by atoms with van der Waals surface area (Å²) in [5.41, 5.74) is 0.0816. The number of nitrogens with one attached hydrogen (secondary N) is 1. The third kappa shape index (κ3) is 3.33. The number of carbonyl (C=O) groups is 1. The molecule has 3 heterocycles. The molecule has 1 N–H and O–H groups in total. The Balaban J connectivity index is 1.76. The number of anilines is 2. The van der Waals surface area contributed by atoms with Crippen molar-refractivity contribution in [3.8, 4) is 0 Å². The Morgan fingerprint density at radius 2 is 1.86 bits per heavy atom. The van der Waals surface area contributed by atoms with Crippen molar-refractivity contribution in [1.82, 2.24) is 14.1 Å². The monoisotopic (exact) mass is 399 g/mol. The molecule has 9 heteroatoms. The highest BCUT2D eigenvalue weighted by atomic mass is 32.1. The van der Waals surface area contributed by atoms with Crippen LogP contribution in [0, 0.1) is 0 Å². The van der Waals surface area contributed by atoms with Gasteiger partial charge in [0.15, 0.2) is 10.8 Å². The molecule has 1 fully saturated rings. The first kappa shape index (κ1) is 18.4. The Morgan fingerprint density at radius 1 is 1.14 bits per heavy atom. The number of para-hydroxylation sites is 1. The van der Waals surface area contributed by atoms with Gasteiger partial charge in [-0.2, -0.15) is 0 Å². The minimum absolute atomic E-state index is 0.201. The Morgan fingerprint density at radius 3 is 2.54 bits per heavy atom. The summed E-state index contributed by atoms with van der Waals surface area (Å²) in [5.74, 6) is -0.341. The Labute approximate surface area is 165 Å². The van der Waals surface area contributed by atoms with Crippen molar-refractivity contribution in [2.45, 2.75) is 32.9 Å². The van der Waals surface area contributed by atoms with Gasteiger partial charge in [-0.1, -0.05) is 29.5 Å². The fourth-order valence-electron chi connectivity index (χ4n) is 3.40. The van der Waals surface area contributed by atoms with E-state index in [0.29, 0.717) is 10.4 Å². The van der Waals surface area contributed by atoms with Gasteiger partial charge in [0, 0.05) is 25.3 Å². The maximum atomic E-state index is 12.9. The van der Waals surface area contributed by atoms with Gasteiger partial charge in [0.2, 0.25) is 5.91 Å². The molecular formula is C19H21N5O3S. The molecule has 8 nitrogen and oxygen atoms in total. The van der Waals surface area contributed by atoms with Gasteiger partial charge in [-0.25, -0.2) is 9.78 Å². The summed E-state index contributed by atoms with van der Waals surface area (Å²) in [6, 6.07) is 9.05. The largest absolute Gasteiger partial charge is 0.348 e. The maximum Gasteiger partial charge on any atom is 0.333 e. The van der Waals surface area contributed by atoms with Gasteiger partial charge in [0.25, 0.3) is 5.56 Å². The summed E-state index contributed by atoms with van der Waals surface area (Å²) < 4.78 is 2.87. The number of fused-ring (bicyclic) bond motifs is 1. The number of aromatic nitrogens is 3. The lowest BCUT2D eigenvalue weighted by Gasteiger charge is -2.12. The predicted molar refractivity (Wildman–Crippen MR) is 110 cm³/mol. The summed E-state index contributed by atoms with van der Waals surface area (Å²) >= 11 is 1.29. The van der Waals surface area contributed by atoms with Crippen molar-refractivity contribution in [2.75, 3.05) is 23.3 Å². The number of rotatable bonds is 5. The SMILES string of the molecule is CCn1c(=O)c2sc(N3CCCC3)nc2n(CC(=O)Nc2ccccc2)c1=O. The van der Waals surface area contributed by atoms with Gasteiger partial charge >= 0.3 is 5.69 Å². The van der Waals surface area contributed by atoms with E-state index in [1.54, 1.807) is 19.1 Å². The van der Waals surface area contributed by atoms with E-state index in [4.69, 9.17) is 0 Å². The molecule has 0 radical (unpaired) electrons. The van der Waals surface area contributed by atoms with Crippen molar-refractivity contribution in [2.24, 2.45) is 0 Å². The second kappa shape index (κ2) is 7.59. The minimum Gasteiger partial charge on any atom is -0.348 e. The highest BCUT2D eigenvalue weighted by Crippen LogP contribution is 2.28. The van der Waals surface area contributed by atoms with Gasteiger partial charge in [-0.05, 0) is 31.9 Å². The molecule has 0 saturated carbocycles. The van der Waals surface area contributed by atoms with Crippen LogP contribution in [0.2, 0.25) is 0 Å². The molecule has 28 heavy (non-hydrogen) atoms. The van der Waals surface area contributed by atoms with E-state index in [2.05, 4.69) is 15.2 Å². The number of hydrogen-bond donors (Lipinski definition) is 1. The highest BCUT2D eigenvalue weighted by Gasteiger charge is 2.22. The number of amides is 1. The van der Waals surface area contributed by atoms with Gasteiger partial charge in [-0.15, -0.1) is 0 Å². The molecule has 0 atom stereocenters. The molecule has 0 bridgehead atoms. The van der Waals surface area contributed by atoms with Crippen LogP contribution >= 0.6 is 11.3 Å². The lowest BCUT2D eigenvalue weighted by Crippen LogP contribution is -2.41. The highest BCUT2D eigenvalue weighted by molar-refractivity contribution is 7.22. The zero-order chi connectivity index (χ0) is 19.7. The second-order valence-electron chi connectivity index (χ2n) is 6.68. The molecular weight excluding hydrogens is 378 g/mol. The average Bonchev–Trinajstić information content (AvgIpc) is 3.36. The molecule has 1 aromatic carbocycles. The van der Waals surface area contributed by atoms with Gasteiger partial charge in [0.1, 0.15) is 11.2 Å². The molecule has 1 saturated heterocycles. The zero-order valence-corrected chi connectivity index (χ0v) is 16.4. The lowest BCUT2D eigenvalue weighted by molar-refractivity contribution is -0.116. The van der Waals surface area contributed by atoms with Crippen LogP contribution < -0.4 is 21.5 Å². The number of thiazole rings is 1. The van der Waals surface area contributed by atoms with E-state index in [1.165, 1.54) is 15.9 Å². The van der Waals surface area contributed by atoms with Crippen molar-refractivity contribution in [3.05, 3.63) is 51.2 Å². The van der Waals surface area contributed by atoms with Crippen LogP contribution in [-0.2, 0) is 17.9 Å². The quantitative estimate of drug-likeness (QED) is 0.708. The van der Waals surface area contributed by atoms with Gasteiger partial charge in [0.05, 0.1) is 0 Å². The van der Waals surface area contributed by atoms with E-state index >= 15 is 0 Å². The number of benzene rings is 1. The fraction of sp³-hybridized carbons (Fsp3) is 0.368. The first-order valence-corrected chi connectivity index (χ1v) is 10.1. The van der Waals surface area contributed by atoms with E-state index in [0.717, 1.165) is 35.6 Å². The number of nitrogens with zero attached hydrogens (tertiary/aromatic N) is 4. The molecule has 0 unspecified atom stereocenters. The molecule has 2 aromatic heterocycles. The minimum atomic E-state index is -0.513. The lowest BCUT2D eigenvalue weighted by atomic mass is 10.3. The summed E-state index contributed by atoms with van der Waals surface area (Å²) in [6.07, 6.45) is 2.17. The Bertz CT molecular complexity index is 1130. The van der Waals surface area contributed by atoms with Gasteiger partial charge < -0.3 is 10.2 Å². The number of hydrogen-bond acceptors (Lipinski definition) is 6. The zero-order valence-electron chi connectivity index (χ0n) is 15.6. The maximum absolute atomic E-state index is 12.9. The third-order valence-electron chi connectivity index (χ3n) is 4.81. The standard InChI is InChI=1S/C19H21N5O3S/c1-2-23-17(26)15-16(21-18(28-15)22-10-6-7-11-22)24(19(23)27)12-14(25)20-13-8-4-3-5-9-13/h3-5,8-9H,2,6-7,10-12H2,1H3,(H,20,25). The normalized spacial score (nSPS) is 14.0. The molecule has 1 amide bonds. The van der Waals surface area contributed by atoms with Crippen molar-refractivity contribution in [1.29, 1.82) is 0 Å². The van der Waals surface area contributed by atoms with Crippen LogP contribution in [0.1, 0.15) is 19.8 Å². The topological polar surface area (TPSA) is 89.2 Å². The second-order valence-corrected chi connectivity index (χ2v) is 7.65. The van der Waals surface area contributed by atoms with Crippen molar-refractivity contribution >= 4 is 38.4 Å². The average molecular weight is 399 g/mol. The first-order chi connectivity index (χ1) is 13.6. The molecule has 3 aromatic rings. The summed E-state index contributed by atoms with van der Waals surface area (Å²) in [5, 5.41) is 3.51. The van der Waals surface area contributed by atoms with E-state index in [9.17, 15) is 14.4 Å². The third-order valence-corrected chi connectivity index (χ3v) is 5.90. The molecule has 1 aliphatic rings. The Hall–Kier alpha value is -2.94. The van der Waals surface area contributed by atoms with Crippen LogP contribution in [0.15, 0.2) is 39.9 Å². The molecule has 146 valence electrons. The predicted octanol–water partition coefficient (Wildman–Crippen LogP) is 1.88. The number of carbonyl (C=O) groups excluding carboxylic acids is 1. The summed E-state index contributed by atoms with van der Waals surface area (Å²) in [4.78, 5) is 44.8. The van der Waals surface area contributed by atoms with E-state index in [-0.39, 0.29) is 30.2 Å². The smallest absolute Gasteiger partial charge is 0.333 e. The first-order valence-electron chi connectivity index (χ1n) is 9.32. The van der Waals surface area contributed by atoms with Crippen LogP contribution in [0.4, 0.5) is 10.8 Å². The summed E-state index contributed by atoms with van der Waals surface area (Å²) in [7, 11) is 0. The van der Waals surface area contributed by atoms with Crippen molar-refractivity contribution in [3.63, 3.8) is 0 Å². The van der Waals surface area contributed by atoms with Gasteiger partial charge in [-0.3, -0.25) is 18.7 Å². The Kier molecular flexibility index (Phi) is 4.99. The van der Waals surface area contributed by atoms with Crippen LogP contribution in [0.5, 0.6) is 0 Å². The van der Waals surface area contributed by atoms with E-state index in [1.807, 2.05) is 18.2 Å². The molecule has 0 aliphatic carbocycles. The molecule has 4 rings (SSSR count). The molecule has 0 spiro atoms. The van der Waals surface area contributed by atoms with Crippen LogP contribution in [0.25, 0.3) is 10.3 Å². The molecule has 1 aliphatic heterocycles. The van der Waals surface area contributed by atoms with E-state index < -0.39 is 5.69 Å². The van der Waals surface area contributed by atoms with Crippen molar-refractivity contribution < 1.29 is 4.79 Å². The van der Waals surface area contributed by atoms with Crippen LogP contribution in [-0.4, -0.2) is 33.1 Å². The van der Waals surface area contributed by atoms with Crippen LogP contribution in [0.3, 0.4) is 0 Å². The fourth-order valence-corrected chi connectivity index (χ4v) is 4.47.